The number of halogens is 2. The molecule has 4 aliphatic rings. The van der Waals surface area contributed by atoms with E-state index in [2.05, 4.69) is 46.1 Å². The zero-order valence-electron chi connectivity index (χ0n) is 50.3. The van der Waals surface area contributed by atoms with Gasteiger partial charge in [0, 0.05) is 81.9 Å². The summed E-state index contributed by atoms with van der Waals surface area (Å²) in [6.07, 6.45) is 7.72. The van der Waals surface area contributed by atoms with E-state index < -0.39 is 20.0 Å². The smallest absolute Gasteiger partial charge is 0.314 e. The fourth-order valence-corrected chi connectivity index (χ4v) is 14.4. The number of nitrogens with one attached hydrogen (secondary N) is 5. The van der Waals surface area contributed by atoms with Crippen molar-refractivity contribution in [2.75, 3.05) is 118 Å². The van der Waals surface area contributed by atoms with Crippen LogP contribution in [0, 0.1) is 31.8 Å². The van der Waals surface area contributed by atoms with Gasteiger partial charge in [-0.3, -0.25) is 14.6 Å². The molecule has 0 spiro atoms. The lowest BCUT2D eigenvalue weighted by Gasteiger charge is -2.36. The second kappa shape index (κ2) is 34.1. The molecule has 4 aromatic carbocycles. The molecular formula is C63H83Cl2N9O12S2. The van der Waals surface area contributed by atoms with Crippen LogP contribution in [-0.2, 0) is 56.6 Å². The molecule has 4 aromatic rings. The first-order valence-corrected chi connectivity index (χ1v) is 34.3. The van der Waals surface area contributed by atoms with Crippen LogP contribution in [0.25, 0.3) is 4.85 Å². The number of hydrogen-bond acceptors (Lipinski definition) is 16. The molecule has 2 amide bonds. The van der Waals surface area contributed by atoms with Crippen LogP contribution in [-0.4, -0.2) is 169 Å². The van der Waals surface area contributed by atoms with E-state index >= 15 is 0 Å². The van der Waals surface area contributed by atoms with E-state index in [9.17, 15) is 31.7 Å². The van der Waals surface area contributed by atoms with Gasteiger partial charge in [-0.25, -0.2) is 35.9 Å². The van der Waals surface area contributed by atoms with Crippen LogP contribution in [0.5, 0.6) is 11.5 Å². The normalized spacial score (nSPS) is 18.7. The van der Waals surface area contributed by atoms with Gasteiger partial charge in [0.1, 0.15) is 29.5 Å². The second-order valence-corrected chi connectivity index (χ2v) is 26.9. The monoisotopic (exact) mass is 1290 g/mol. The van der Waals surface area contributed by atoms with Crippen LogP contribution >= 0.6 is 23.2 Å². The van der Waals surface area contributed by atoms with E-state index in [1.807, 2.05) is 19.1 Å². The number of piperidine rings is 1. The Kier molecular flexibility index (Phi) is 26.5. The van der Waals surface area contributed by atoms with Crippen molar-refractivity contribution in [1.82, 2.24) is 35.2 Å². The molecule has 0 radical (unpaired) electrons. The molecule has 2 saturated heterocycles. The van der Waals surface area contributed by atoms with E-state index in [4.69, 9.17) is 58.2 Å². The number of Topliss-reactive ketones (excluding diaryl/α,β-unsaturated/α-hetero) is 1. The van der Waals surface area contributed by atoms with Gasteiger partial charge in [0.25, 0.3) is 0 Å². The number of carbonyl (C=O) groups excluding carboxylic acids is 2. The molecule has 0 aromatic heterocycles. The fourth-order valence-electron chi connectivity index (χ4n) is 11.7. The molecule has 25 heteroatoms. The Labute approximate surface area is 528 Å². The number of aryl methyl sites for hydroxylation is 2. The number of urea groups is 1. The number of ketones is 1. The quantitative estimate of drug-likeness (QED) is 0.0216. The van der Waals surface area contributed by atoms with Gasteiger partial charge in [-0.15, -0.1) is 0 Å². The van der Waals surface area contributed by atoms with Crippen molar-refractivity contribution < 1.29 is 54.8 Å². The van der Waals surface area contributed by atoms with E-state index in [0.29, 0.717) is 102 Å². The minimum atomic E-state index is -3.84. The largest absolute Gasteiger partial charge is 0.484 e. The van der Waals surface area contributed by atoms with Crippen molar-refractivity contribution >= 4 is 60.8 Å². The molecule has 2 aliphatic carbocycles. The molecule has 21 nitrogen and oxygen atoms in total. The SMILES string of the molecule is [C-]#[N+]c1cc(Cl)cc2c1C[C@H](N1CCCCC1)[C@H]2Oc1ccc(S(=O)(=O)NCCOCCOCCCC(=O)CCCCCNC(=O)NCCOCCOCCNS(=O)(=O)c2ccc(O[C@H]3c4cc(Cl)cc(C#N)c4C[C@@H]3N3CCNCC3)c(C)c2)cc1C. The molecule has 8 rings (SSSR count). The summed E-state index contributed by atoms with van der Waals surface area (Å²) in [5.41, 5.74) is 6.10. The highest BCUT2D eigenvalue weighted by molar-refractivity contribution is 7.89. The van der Waals surface area contributed by atoms with Crippen molar-refractivity contribution in [2.45, 2.75) is 119 Å². The number of amides is 2. The number of carbonyl (C=O) groups is 2. The Morgan fingerprint density at radius 3 is 1.70 bits per heavy atom. The summed E-state index contributed by atoms with van der Waals surface area (Å²) in [6.45, 7) is 19.6. The third-order valence-electron chi connectivity index (χ3n) is 16.3. The molecule has 0 saturated carbocycles. The standard InChI is InChI=1S/C63H83Cl2N9O12S2/c1-44-35-50(13-15-59(44)85-61-54-38-47(64)37-46(43-66)52(54)41-57(61)74-25-18-68-19-26-74)87(77,78)72-22-30-84-34-33-82-28-20-70-63(76)69-17-7-4-6-11-49(75)12-10-27-81-31-32-83-29-21-71-88(79,80)51-14-16-60(45(2)36-51)86-62-55-39-48(65)40-56(67-3)53(55)42-58(62)73-23-8-5-9-24-73/h13-16,35-40,57-58,61-62,68,71-72H,4-12,17-34,41-42H2,1-2H3,(H2,69,70,76)/t57-,58-,61-,62-/m0/s1. The Morgan fingerprint density at radius 2 is 1.14 bits per heavy atom. The molecule has 4 atom stereocenters. The van der Waals surface area contributed by atoms with Crippen LogP contribution in [0.1, 0.15) is 109 Å². The van der Waals surface area contributed by atoms with Gasteiger partial charge in [0.2, 0.25) is 20.0 Å². The third kappa shape index (κ3) is 19.5. The van der Waals surface area contributed by atoms with Gasteiger partial charge in [-0.2, -0.15) is 5.26 Å². The van der Waals surface area contributed by atoms with E-state index in [1.54, 1.807) is 43.3 Å². The summed E-state index contributed by atoms with van der Waals surface area (Å²) in [7, 11) is -7.66. The van der Waals surface area contributed by atoms with Crippen LogP contribution in [0.15, 0.2) is 70.5 Å². The van der Waals surface area contributed by atoms with Crippen LogP contribution < -0.4 is 34.9 Å². The van der Waals surface area contributed by atoms with Crippen molar-refractivity contribution in [3.63, 3.8) is 0 Å². The van der Waals surface area contributed by atoms with E-state index in [0.717, 1.165) is 93.6 Å². The molecule has 2 aliphatic heterocycles. The fraction of sp³-hybridized carbons (Fsp3) is 0.556. The number of sulfonamides is 2. The molecule has 2 fully saturated rings. The Morgan fingerprint density at radius 1 is 0.625 bits per heavy atom. The molecule has 0 unspecified atom stereocenters. The first kappa shape index (κ1) is 68.4. The van der Waals surface area contributed by atoms with Crippen LogP contribution in [0.2, 0.25) is 10.0 Å². The highest BCUT2D eigenvalue weighted by Gasteiger charge is 2.42. The lowest BCUT2D eigenvalue weighted by molar-refractivity contribution is -0.119. The van der Waals surface area contributed by atoms with Crippen LogP contribution in [0.4, 0.5) is 10.5 Å². The maximum atomic E-state index is 13.2. The minimum Gasteiger partial charge on any atom is -0.484 e. The second-order valence-electron chi connectivity index (χ2n) is 22.5. The maximum Gasteiger partial charge on any atom is 0.314 e. The van der Waals surface area contributed by atoms with Gasteiger partial charge < -0.3 is 44.4 Å². The first-order chi connectivity index (χ1) is 42.5. The lowest BCUT2D eigenvalue weighted by Crippen LogP contribution is -2.50. The highest BCUT2D eigenvalue weighted by Crippen LogP contribution is 2.46. The zero-order chi connectivity index (χ0) is 62.5. The number of rotatable bonds is 35. The lowest BCUT2D eigenvalue weighted by atomic mass is 10.0. The number of piperazine rings is 1. The van der Waals surface area contributed by atoms with Gasteiger partial charge >= 0.3 is 6.03 Å². The average molecular weight is 1290 g/mol. The minimum absolute atomic E-state index is 0.00689. The van der Waals surface area contributed by atoms with Crippen molar-refractivity contribution in [1.29, 1.82) is 5.26 Å². The summed E-state index contributed by atoms with van der Waals surface area (Å²) in [5, 5.41) is 19.8. The maximum absolute atomic E-state index is 13.2. The molecule has 88 heavy (non-hydrogen) atoms. The summed E-state index contributed by atoms with van der Waals surface area (Å²) in [5.74, 6) is 1.28. The number of likely N-dealkylation sites (tertiary alicyclic amines) is 1. The highest BCUT2D eigenvalue weighted by atomic mass is 35.5. The zero-order valence-corrected chi connectivity index (χ0v) is 53.5. The molecular weight excluding hydrogens is 1210 g/mol. The topological polar surface area (TPSA) is 253 Å². The summed E-state index contributed by atoms with van der Waals surface area (Å²) >= 11 is 12.9. The Bertz CT molecular complexity index is 3100. The Balaban J connectivity index is 0.593. The molecule has 0 bridgehead atoms. The van der Waals surface area contributed by atoms with Crippen molar-refractivity contribution in [2.24, 2.45) is 0 Å². The first-order valence-electron chi connectivity index (χ1n) is 30.5. The molecule has 2 heterocycles. The van der Waals surface area contributed by atoms with Gasteiger partial charge in [0.05, 0.1) is 86.3 Å². The molecule has 478 valence electrons. The van der Waals surface area contributed by atoms with Gasteiger partial charge in [-0.05, 0) is 166 Å². The third-order valence-corrected chi connectivity index (χ3v) is 19.6. The number of benzene rings is 4. The summed E-state index contributed by atoms with van der Waals surface area (Å²) in [4.78, 5) is 33.4. The number of hydrogen-bond donors (Lipinski definition) is 5. The van der Waals surface area contributed by atoms with Crippen molar-refractivity contribution in [3.8, 4) is 17.6 Å². The predicted octanol–water partition coefficient (Wildman–Crippen LogP) is 8.05. The molecule has 5 N–H and O–H groups in total. The number of unbranched alkanes of at least 4 members (excludes halogenated alkanes) is 2. The van der Waals surface area contributed by atoms with E-state index in [1.165, 1.54) is 18.6 Å². The summed E-state index contributed by atoms with van der Waals surface area (Å²) in [6, 6.07) is 18.8. The number of nitrogens with zero attached hydrogens (tertiary/aromatic N) is 4. The number of ether oxygens (including phenoxy) is 6. The van der Waals surface area contributed by atoms with Gasteiger partial charge in [-0.1, -0.05) is 36.0 Å². The average Bonchev–Trinajstić information content (AvgIpc) is 2.01. The number of fused-ring (bicyclic) bond motifs is 2. The van der Waals surface area contributed by atoms with Gasteiger partial charge in [0.15, 0.2) is 5.69 Å². The van der Waals surface area contributed by atoms with Crippen LogP contribution in [0.3, 0.4) is 0 Å². The van der Waals surface area contributed by atoms with Crippen molar-refractivity contribution in [3.05, 3.63) is 121 Å². The van der Waals surface area contributed by atoms with E-state index in [-0.39, 0.29) is 98.6 Å². The number of nitriles is 1. The predicted molar refractivity (Wildman–Crippen MR) is 336 cm³/mol. The summed E-state index contributed by atoms with van der Waals surface area (Å²) < 4.78 is 93.6. The Hall–Kier alpha value is -5.48.